The largest absolute Gasteiger partial charge is 0.376 e. The standard InChI is InChI=1S/C15H15BrN2O/c1-18(2)14-6-4-3-5-13(14)17-15(19)11-7-9-12(16)10-8-11/h3-10H,1-2H3,(H,17,19). The molecule has 0 saturated carbocycles. The molecule has 0 saturated heterocycles. The predicted octanol–water partition coefficient (Wildman–Crippen LogP) is 3.77. The van der Waals surface area contributed by atoms with Crippen LogP contribution in [0.1, 0.15) is 10.4 Å². The number of halogens is 1. The number of nitrogens with one attached hydrogen (secondary N) is 1. The number of hydrogen-bond acceptors (Lipinski definition) is 2. The molecule has 98 valence electrons. The first-order valence-corrected chi connectivity index (χ1v) is 6.70. The minimum Gasteiger partial charge on any atom is -0.376 e. The van der Waals surface area contributed by atoms with Gasteiger partial charge in [-0.1, -0.05) is 28.1 Å². The minimum absolute atomic E-state index is 0.109. The van der Waals surface area contributed by atoms with Gasteiger partial charge < -0.3 is 10.2 Å². The minimum atomic E-state index is -0.109. The lowest BCUT2D eigenvalue weighted by molar-refractivity contribution is 0.102. The summed E-state index contributed by atoms with van der Waals surface area (Å²) in [6, 6.07) is 15.0. The Bertz CT molecular complexity index is 579. The fourth-order valence-electron chi connectivity index (χ4n) is 1.77. The molecule has 0 aliphatic heterocycles. The van der Waals surface area contributed by atoms with Crippen LogP contribution < -0.4 is 10.2 Å². The number of amides is 1. The topological polar surface area (TPSA) is 32.3 Å². The zero-order valence-corrected chi connectivity index (χ0v) is 12.4. The Labute approximate surface area is 121 Å². The van der Waals surface area contributed by atoms with E-state index in [2.05, 4.69) is 21.2 Å². The third kappa shape index (κ3) is 3.35. The van der Waals surface area contributed by atoms with Gasteiger partial charge in [-0.2, -0.15) is 0 Å². The summed E-state index contributed by atoms with van der Waals surface area (Å²) in [5.41, 5.74) is 2.42. The number of carbonyl (C=O) groups is 1. The van der Waals surface area contributed by atoms with E-state index in [0.29, 0.717) is 5.56 Å². The molecule has 0 heterocycles. The lowest BCUT2D eigenvalue weighted by Crippen LogP contribution is -2.16. The Morgan fingerprint density at radius 3 is 2.32 bits per heavy atom. The van der Waals surface area contributed by atoms with Gasteiger partial charge in [0.25, 0.3) is 5.91 Å². The third-order valence-electron chi connectivity index (χ3n) is 2.74. The summed E-state index contributed by atoms with van der Waals surface area (Å²) >= 11 is 3.35. The van der Waals surface area contributed by atoms with E-state index in [1.165, 1.54) is 0 Å². The van der Waals surface area contributed by atoms with E-state index in [9.17, 15) is 4.79 Å². The average molecular weight is 319 g/mol. The molecular formula is C15H15BrN2O. The molecule has 2 rings (SSSR count). The second-order valence-electron chi connectivity index (χ2n) is 4.37. The number of carbonyl (C=O) groups excluding carboxylic acids is 1. The van der Waals surface area contributed by atoms with Crippen LogP contribution >= 0.6 is 15.9 Å². The normalized spacial score (nSPS) is 10.1. The van der Waals surface area contributed by atoms with Crippen LogP contribution in [0.15, 0.2) is 53.0 Å². The van der Waals surface area contributed by atoms with Crippen LogP contribution in [0, 0.1) is 0 Å². The van der Waals surface area contributed by atoms with E-state index in [-0.39, 0.29) is 5.91 Å². The van der Waals surface area contributed by atoms with Crippen molar-refractivity contribution < 1.29 is 4.79 Å². The molecule has 0 spiro atoms. The summed E-state index contributed by atoms with van der Waals surface area (Å²) in [6.45, 7) is 0. The maximum atomic E-state index is 12.2. The molecule has 0 unspecified atom stereocenters. The summed E-state index contributed by atoms with van der Waals surface area (Å²) in [7, 11) is 3.90. The van der Waals surface area contributed by atoms with Crippen LogP contribution in [-0.2, 0) is 0 Å². The molecular weight excluding hydrogens is 304 g/mol. The first-order valence-electron chi connectivity index (χ1n) is 5.91. The van der Waals surface area contributed by atoms with Crippen LogP contribution in [0.4, 0.5) is 11.4 Å². The van der Waals surface area contributed by atoms with Crippen molar-refractivity contribution in [1.29, 1.82) is 0 Å². The van der Waals surface area contributed by atoms with Crippen molar-refractivity contribution in [2.24, 2.45) is 0 Å². The molecule has 0 atom stereocenters. The van der Waals surface area contributed by atoms with Crippen LogP contribution in [-0.4, -0.2) is 20.0 Å². The van der Waals surface area contributed by atoms with Gasteiger partial charge in [-0.15, -0.1) is 0 Å². The molecule has 0 radical (unpaired) electrons. The second-order valence-corrected chi connectivity index (χ2v) is 5.29. The van der Waals surface area contributed by atoms with Crippen LogP contribution in [0.25, 0.3) is 0 Å². The Morgan fingerprint density at radius 2 is 1.68 bits per heavy atom. The molecule has 3 nitrogen and oxygen atoms in total. The number of benzene rings is 2. The van der Waals surface area contributed by atoms with Gasteiger partial charge >= 0.3 is 0 Å². The molecule has 0 aliphatic rings. The van der Waals surface area contributed by atoms with E-state index in [4.69, 9.17) is 0 Å². The molecule has 4 heteroatoms. The number of nitrogens with zero attached hydrogens (tertiary/aromatic N) is 1. The van der Waals surface area contributed by atoms with Crippen molar-refractivity contribution in [3.63, 3.8) is 0 Å². The Hall–Kier alpha value is -1.81. The van der Waals surface area contributed by atoms with Gasteiger partial charge in [-0.25, -0.2) is 0 Å². The zero-order chi connectivity index (χ0) is 13.8. The van der Waals surface area contributed by atoms with Crippen molar-refractivity contribution in [2.45, 2.75) is 0 Å². The second kappa shape index (κ2) is 5.89. The molecule has 1 N–H and O–H groups in total. The molecule has 0 aromatic heterocycles. The fourth-order valence-corrected chi connectivity index (χ4v) is 2.03. The highest BCUT2D eigenvalue weighted by atomic mass is 79.9. The summed E-state index contributed by atoms with van der Waals surface area (Å²) in [5, 5.41) is 2.93. The Balaban J connectivity index is 2.22. The van der Waals surface area contributed by atoms with Crippen LogP contribution in [0.2, 0.25) is 0 Å². The summed E-state index contributed by atoms with van der Waals surface area (Å²) in [6.07, 6.45) is 0. The van der Waals surface area contributed by atoms with Gasteiger partial charge in [0.1, 0.15) is 0 Å². The van der Waals surface area contributed by atoms with Crippen molar-refractivity contribution in [2.75, 3.05) is 24.3 Å². The summed E-state index contributed by atoms with van der Waals surface area (Å²) < 4.78 is 0.956. The molecule has 19 heavy (non-hydrogen) atoms. The SMILES string of the molecule is CN(C)c1ccccc1NC(=O)c1ccc(Br)cc1. The molecule has 1 amide bonds. The lowest BCUT2D eigenvalue weighted by atomic mass is 10.2. The van der Waals surface area contributed by atoms with Crippen molar-refractivity contribution in [3.05, 3.63) is 58.6 Å². The monoisotopic (exact) mass is 318 g/mol. The molecule has 2 aromatic rings. The van der Waals surface area contributed by atoms with E-state index in [0.717, 1.165) is 15.8 Å². The van der Waals surface area contributed by atoms with Crippen molar-refractivity contribution in [3.8, 4) is 0 Å². The Kier molecular flexibility index (Phi) is 4.22. The maximum absolute atomic E-state index is 12.2. The van der Waals surface area contributed by atoms with E-state index in [1.807, 2.05) is 55.4 Å². The van der Waals surface area contributed by atoms with Crippen LogP contribution in [0.5, 0.6) is 0 Å². The van der Waals surface area contributed by atoms with E-state index < -0.39 is 0 Å². The van der Waals surface area contributed by atoms with Gasteiger partial charge in [0.15, 0.2) is 0 Å². The molecule has 0 bridgehead atoms. The highest BCUT2D eigenvalue weighted by Gasteiger charge is 2.09. The predicted molar refractivity (Wildman–Crippen MR) is 82.9 cm³/mol. The lowest BCUT2D eigenvalue weighted by Gasteiger charge is -2.17. The molecule has 2 aromatic carbocycles. The number of anilines is 2. The van der Waals surface area contributed by atoms with Crippen molar-refractivity contribution >= 4 is 33.2 Å². The van der Waals surface area contributed by atoms with Gasteiger partial charge in [0, 0.05) is 24.1 Å². The smallest absolute Gasteiger partial charge is 0.255 e. The van der Waals surface area contributed by atoms with Gasteiger partial charge in [0.05, 0.1) is 11.4 Å². The molecule has 0 aliphatic carbocycles. The first-order chi connectivity index (χ1) is 9.08. The van der Waals surface area contributed by atoms with E-state index >= 15 is 0 Å². The fraction of sp³-hybridized carbons (Fsp3) is 0.133. The van der Waals surface area contributed by atoms with Crippen molar-refractivity contribution in [1.82, 2.24) is 0 Å². The first kappa shape index (κ1) is 13.6. The average Bonchev–Trinajstić information content (AvgIpc) is 2.39. The number of rotatable bonds is 3. The number of hydrogen-bond donors (Lipinski definition) is 1. The highest BCUT2D eigenvalue weighted by Crippen LogP contribution is 2.24. The number of para-hydroxylation sites is 2. The quantitative estimate of drug-likeness (QED) is 0.934. The highest BCUT2D eigenvalue weighted by molar-refractivity contribution is 9.10. The van der Waals surface area contributed by atoms with E-state index in [1.54, 1.807) is 12.1 Å². The third-order valence-corrected chi connectivity index (χ3v) is 3.27. The van der Waals surface area contributed by atoms with Crippen LogP contribution in [0.3, 0.4) is 0 Å². The van der Waals surface area contributed by atoms with Gasteiger partial charge in [0.2, 0.25) is 0 Å². The Morgan fingerprint density at radius 1 is 1.05 bits per heavy atom. The maximum Gasteiger partial charge on any atom is 0.255 e. The van der Waals surface area contributed by atoms with Gasteiger partial charge in [-0.3, -0.25) is 4.79 Å². The van der Waals surface area contributed by atoms with Gasteiger partial charge in [-0.05, 0) is 36.4 Å². The molecule has 0 fully saturated rings. The summed E-state index contributed by atoms with van der Waals surface area (Å²) in [4.78, 5) is 14.1. The summed E-state index contributed by atoms with van der Waals surface area (Å²) in [5.74, 6) is -0.109. The zero-order valence-electron chi connectivity index (χ0n) is 10.9.